The summed E-state index contributed by atoms with van der Waals surface area (Å²) in [6.07, 6.45) is 0. The first-order chi connectivity index (χ1) is 11.5. The highest BCUT2D eigenvalue weighted by Crippen LogP contribution is 2.20. The van der Waals surface area contributed by atoms with Gasteiger partial charge in [-0.2, -0.15) is 0 Å². The monoisotopic (exact) mass is 343 g/mol. The van der Waals surface area contributed by atoms with E-state index in [0.717, 1.165) is 16.3 Å². The van der Waals surface area contributed by atoms with Crippen LogP contribution in [0.2, 0.25) is 0 Å². The molecule has 7 nitrogen and oxygen atoms in total. The number of benzene rings is 1. The molecule has 0 aliphatic heterocycles. The van der Waals surface area contributed by atoms with Gasteiger partial charge in [0.05, 0.1) is 12.2 Å². The molecule has 2 amide bonds. The van der Waals surface area contributed by atoms with Crippen LogP contribution in [0.15, 0.2) is 28.7 Å². The molecule has 24 heavy (non-hydrogen) atoms. The zero-order valence-corrected chi connectivity index (χ0v) is 14.4. The number of urea groups is 1. The summed E-state index contributed by atoms with van der Waals surface area (Å²) in [5, 5.41) is 14.2. The van der Waals surface area contributed by atoms with E-state index in [-0.39, 0.29) is 6.03 Å². The highest BCUT2D eigenvalue weighted by Gasteiger charge is 2.08. The number of rotatable bonds is 4. The Kier molecular flexibility index (Phi) is 4.57. The Hall–Kier alpha value is -2.74. The zero-order valence-electron chi connectivity index (χ0n) is 13.6. The van der Waals surface area contributed by atoms with Gasteiger partial charge in [-0.1, -0.05) is 0 Å². The average Bonchev–Trinajstić information content (AvgIpc) is 3.12. The second kappa shape index (κ2) is 6.79. The Bertz CT molecular complexity index is 834. The van der Waals surface area contributed by atoms with E-state index in [2.05, 4.69) is 25.8 Å². The van der Waals surface area contributed by atoms with Gasteiger partial charge in [0.2, 0.25) is 11.8 Å². The van der Waals surface area contributed by atoms with Crippen LogP contribution in [0, 0.1) is 20.8 Å². The van der Waals surface area contributed by atoms with Gasteiger partial charge < -0.3 is 15.1 Å². The van der Waals surface area contributed by atoms with Gasteiger partial charge in [0, 0.05) is 23.1 Å². The van der Waals surface area contributed by atoms with Crippen molar-refractivity contribution in [2.24, 2.45) is 0 Å². The molecule has 124 valence electrons. The maximum Gasteiger partial charge on any atom is 0.319 e. The molecule has 8 heteroatoms. The first-order valence-corrected chi connectivity index (χ1v) is 8.21. The lowest BCUT2D eigenvalue weighted by Gasteiger charge is -2.06. The number of nitrogens with zero attached hydrogens (tertiary/aromatic N) is 3. The molecule has 0 fully saturated rings. The van der Waals surface area contributed by atoms with E-state index in [1.54, 1.807) is 30.4 Å². The van der Waals surface area contributed by atoms with Gasteiger partial charge >= 0.3 is 6.03 Å². The summed E-state index contributed by atoms with van der Waals surface area (Å²) in [4.78, 5) is 17.5. The van der Waals surface area contributed by atoms with Crippen LogP contribution in [0.4, 0.5) is 10.5 Å². The third-order valence-corrected chi connectivity index (χ3v) is 4.46. The molecule has 2 N–H and O–H groups in total. The first kappa shape index (κ1) is 16.1. The largest absolute Gasteiger partial charge is 0.421 e. The molecule has 0 atom stereocenters. The lowest BCUT2D eigenvalue weighted by atomic mass is 10.2. The summed E-state index contributed by atoms with van der Waals surface area (Å²) in [6.45, 7) is 6.12. The summed E-state index contributed by atoms with van der Waals surface area (Å²) >= 11 is 1.59. The smallest absolute Gasteiger partial charge is 0.319 e. The highest BCUT2D eigenvalue weighted by molar-refractivity contribution is 7.11. The fourth-order valence-corrected chi connectivity index (χ4v) is 2.93. The second-order valence-corrected chi connectivity index (χ2v) is 6.55. The van der Waals surface area contributed by atoms with Crippen molar-refractivity contribution in [3.63, 3.8) is 0 Å². The number of anilines is 1. The van der Waals surface area contributed by atoms with Crippen LogP contribution in [0.25, 0.3) is 11.5 Å². The quantitative estimate of drug-likeness (QED) is 0.757. The molecule has 0 aliphatic rings. The predicted molar refractivity (Wildman–Crippen MR) is 91.9 cm³/mol. The third-order valence-electron chi connectivity index (χ3n) is 3.39. The Labute approximate surface area is 143 Å². The van der Waals surface area contributed by atoms with Crippen molar-refractivity contribution in [3.05, 3.63) is 45.7 Å². The molecule has 0 aliphatic carbocycles. The van der Waals surface area contributed by atoms with Gasteiger partial charge in [-0.25, -0.2) is 9.78 Å². The van der Waals surface area contributed by atoms with Crippen molar-refractivity contribution < 1.29 is 9.21 Å². The number of aromatic nitrogens is 3. The lowest BCUT2D eigenvalue weighted by molar-refractivity contribution is 0.251. The summed E-state index contributed by atoms with van der Waals surface area (Å²) in [5.74, 6) is 0.970. The number of aryl methyl sites for hydroxylation is 3. The minimum atomic E-state index is -0.276. The van der Waals surface area contributed by atoms with E-state index in [4.69, 9.17) is 4.42 Å². The van der Waals surface area contributed by atoms with Crippen molar-refractivity contribution in [1.82, 2.24) is 20.5 Å². The Morgan fingerprint density at radius 2 is 1.92 bits per heavy atom. The summed E-state index contributed by atoms with van der Waals surface area (Å²) in [6, 6.07) is 6.92. The minimum Gasteiger partial charge on any atom is -0.421 e. The van der Waals surface area contributed by atoms with Crippen molar-refractivity contribution in [3.8, 4) is 11.5 Å². The van der Waals surface area contributed by atoms with Crippen molar-refractivity contribution >= 4 is 23.1 Å². The minimum absolute atomic E-state index is 0.276. The van der Waals surface area contributed by atoms with Gasteiger partial charge in [-0.05, 0) is 38.1 Å². The number of nitrogens with one attached hydrogen (secondary N) is 2. The number of carbonyl (C=O) groups excluding carboxylic acids is 1. The molecular formula is C16H17N5O2S. The molecule has 2 heterocycles. The highest BCUT2D eigenvalue weighted by atomic mass is 32.1. The van der Waals surface area contributed by atoms with E-state index in [1.165, 1.54) is 4.88 Å². The van der Waals surface area contributed by atoms with Gasteiger partial charge in [-0.3, -0.25) is 0 Å². The van der Waals surface area contributed by atoms with Crippen LogP contribution >= 0.6 is 11.3 Å². The fraction of sp³-hybridized carbons (Fsp3) is 0.250. The Balaban J connectivity index is 1.56. The van der Waals surface area contributed by atoms with Crippen LogP contribution in [-0.4, -0.2) is 21.2 Å². The summed E-state index contributed by atoms with van der Waals surface area (Å²) in [7, 11) is 0. The average molecular weight is 343 g/mol. The first-order valence-electron chi connectivity index (χ1n) is 7.39. The van der Waals surface area contributed by atoms with E-state index in [0.29, 0.717) is 24.0 Å². The van der Waals surface area contributed by atoms with E-state index < -0.39 is 0 Å². The SMILES string of the molecule is Cc1nnc(-c2ccc(NC(=O)NCc3nc(C)c(C)s3)cc2)o1. The van der Waals surface area contributed by atoms with Crippen LogP contribution in [0.5, 0.6) is 0 Å². The normalized spacial score (nSPS) is 10.6. The fourth-order valence-electron chi connectivity index (χ4n) is 2.06. The number of amides is 2. The molecule has 0 saturated carbocycles. The third kappa shape index (κ3) is 3.77. The number of hydrogen-bond acceptors (Lipinski definition) is 6. The van der Waals surface area contributed by atoms with Crippen LogP contribution in [0.3, 0.4) is 0 Å². The molecule has 0 radical (unpaired) electrons. The van der Waals surface area contributed by atoms with Crippen LogP contribution in [0.1, 0.15) is 21.5 Å². The molecule has 0 saturated heterocycles. The molecule has 0 unspecified atom stereocenters. The molecule has 3 aromatic rings. The van der Waals surface area contributed by atoms with Gasteiger partial charge in [0.1, 0.15) is 5.01 Å². The molecule has 2 aromatic heterocycles. The maximum absolute atomic E-state index is 11.9. The van der Waals surface area contributed by atoms with Crippen LogP contribution < -0.4 is 10.6 Å². The number of hydrogen-bond donors (Lipinski definition) is 2. The van der Waals surface area contributed by atoms with E-state index in [1.807, 2.05) is 26.0 Å². The second-order valence-electron chi connectivity index (χ2n) is 5.26. The van der Waals surface area contributed by atoms with E-state index in [9.17, 15) is 4.79 Å². The number of carbonyl (C=O) groups is 1. The topological polar surface area (TPSA) is 92.9 Å². The molecular weight excluding hydrogens is 326 g/mol. The summed E-state index contributed by atoms with van der Waals surface area (Å²) < 4.78 is 5.36. The summed E-state index contributed by atoms with van der Waals surface area (Å²) in [5.41, 5.74) is 2.48. The molecule has 3 rings (SSSR count). The molecule has 1 aromatic carbocycles. The van der Waals surface area contributed by atoms with Gasteiger partial charge in [0.25, 0.3) is 0 Å². The maximum atomic E-state index is 11.9. The lowest BCUT2D eigenvalue weighted by Crippen LogP contribution is -2.28. The standard InChI is InChI=1S/C16H17N5O2S/c1-9-10(2)24-14(18-9)8-17-16(22)19-13-6-4-12(5-7-13)15-21-20-11(3)23-15/h4-7H,8H2,1-3H3,(H2,17,19,22). The molecule has 0 spiro atoms. The van der Waals surface area contributed by atoms with Crippen molar-refractivity contribution in [1.29, 1.82) is 0 Å². The Morgan fingerprint density at radius 1 is 1.17 bits per heavy atom. The van der Waals surface area contributed by atoms with Crippen molar-refractivity contribution in [2.45, 2.75) is 27.3 Å². The van der Waals surface area contributed by atoms with Crippen molar-refractivity contribution in [2.75, 3.05) is 5.32 Å². The molecule has 0 bridgehead atoms. The van der Waals surface area contributed by atoms with Gasteiger partial charge in [-0.15, -0.1) is 21.5 Å². The Morgan fingerprint density at radius 3 is 2.50 bits per heavy atom. The number of thiazole rings is 1. The zero-order chi connectivity index (χ0) is 17.1. The van der Waals surface area contributed by atoms with E-state index >= 15 is 0 Å². The van der Waals surface area contributed by atoms with Gasteiger partial charge in [0.15, 0.2) is 0 Å². The predicted octanol–water partition coefficient (Wildman–Crippen LogP) is 3.44. The van der Waals surface area contributed by atoms with Crippen LogP contribution in [-0.2, 0) is 6.54 Å².